The van der Waals surface area contributed by atoms with Crippen LogP contribution in [0.25, 0.3) is 11.1 Å². The lowest BCUT2D eigenvalue weighted by Gasteiger charge is -2.04. The minimum Gasteiger partial charge on any atom is -0.288 e. The summed E-state index contributed by atoms with van der Waals surface area (Å²) < 4.78 is 0. The summed E-state index contributed by atoms with van der Waals surface area (Å²) >= 11 is 7.25. The number of rotatable bonds is 5. The fourth-order valence-electron chi connectivity index (χ4n) is 2.97. The van der Waals surface area contributed by atoms with Crippen LogP contribution in [0.15, 0.2) is 91.0 Å². The third-order valence-corrected chi connectivity index (χ3v) is 5.77. The average molecular weight is 403 g/mol. The maximum absolute atomic E-state index is 13.2. The average Bonchev–Trinajstić information content (AvgIpc) is 3.20. The first-order valence-electron chi connectivity index (χ1n) is 8.73. The van der Waals surface area contributed by atoms with Gasteiger partial charge in [-0.25, -0.2) is 0 Å². The zero-order chi connectivity index (χ0) is 19.5. The molecule has 0 unspecified atom stereocenters. The van der Waals surface area contributed by atoms with Crippen LogP contribution >= 0.6 is 22.9 Å². The Morgan fingerprint density at radius 3 is 1.79 bits per heavy atom. The quantitative estimate of drug-likeness (QED) is 0.355. The summed E-state index contributed by atoms with van der Waals surface area (Å²) in [6, 6.07) is 27.3. The Bertz CT molecular complexity index is 1130. The Kier molecular flexibility index (Phi) is 5.20. The van der Waals surface area contributed by atoms with Crippen LogP contribution in [0.1, 0.15) is 30.5 Å². The molecule has 0 aliphatic carbocycles. The first-order valence-corrected chi connectivity index (χ1v) is 9.92. The molecule has 4 aromatic rings. The highest BCUT2D eigenvalue weighted by Gasteiger charge is 2.22. The minimum atomic E-state index is -0.0948. The summed E-state index contributed by atoms with van der Waals surface area (Å²) in [5.41, 5.74) is 2.80. The van der Waals surface area contributed by atoms with E-state index in [0.717, 1.165) is 11.1 Å². The topological polar surface area (TPSA) is 34.1 Å². The van der Waals surface area contributed by atoms with E-state index in [1.807, 2.05) is 48.5 Å². The van der Waals surface area contributed by atoms with E-state index in [1.165, 1.54) is 11.3 Å². The number of ketones is 2. The van der Waals surface area contributed by atoms with Crippen LogP contribution in [-0.4, -0.2) is 11.6 Å². The first-order chi connectivity index (χ1) is 13.6. The van der Waals surface area contributed by atoms with Crippen molar-refractivity contribution in [2.45, 2.75) is 0 Å². The lowest BCUT2D eigenvalue weighted by atomic mass is 10.0. The number of hydrogen-bond acceptors (Lipinski definition) is 3. The van der Waals surface area contributed by atoms with Gasteiger partial charge in [0, 0.05) is 21.7 Å². The van der Waals surface area contributed by atoms with Gasteiger partial charge >= 0.3 is 0 Å². The molecule has 0 aliphatic rings. The Balaban J connectivity index is 1.83. The van der Waals surface area contributed by atoms with Crippen molar-refractivity contribution >= 4 is 34.5 Å². The molecule has 0 atom stereocenters. The summed E-state index contributed by atoms with van der Waals surface area (Å²) in [6.07, 6.45) is 0. The third-order valence-electron chi connectivity index (χ3n) is 4.39. The van der Waals surface area contributed by atoms with Gasteiger partial charge in [-0.05, 0) is 23.8 Å². The van der Waals surface area contributed by atoms with Gasteiger partial charge < -0.3 is 0 Å². The zero-order valence-electron chi connectivity index (χ0n) is 14.8. The number of carbonyl (C=O) groups excluding carboxylic acids is 2. The van der Waals surface area contributed by atoms with E-state index >= 15 is 0 Å². The van der Waals surface area contributed by atoms with Crippen LogP contribution in [0.3, 0.4) is 0 Å². The molecule has 0 bridgehead atoms. The molecule has 3 aromatic carbocycles. The molecule has 1 heterocycles. The monoisotopic (exact) mass is 402 g/mol. The molecule has 4 rings (SSSR count). The highest BCUT2D eigenvalue weighted by molar-refractivity contribution is 7.17. The molecule has 136 valence electrons. The number of hydrogen-bond donors (Lipinski definition) is 0. The van der Waals surface area contributed by atoms with Gasteiger partial charge in [-0.1, -0.05) is 84.4 Å². The number of carbonyl (C=O) groups is 2. The zero-order valence-corrected chi connectivity index (χ0v) is 16.3. The van der Waals surface area contributed by atoms with Gasteiger partial charge in [-0.2, -0.15) is 0 Å². The Morgan fingerprint density at radius 2 is 1.21 bits per heavy atom. The molecule has 2 nitrogen and oxygen atoms in total. The molecule has 0 radical (unpaired) electrons. The molecule has 0 saturated heterocycles. The predicted molar refractivity (Wildman–Crippen MR) is 115 cm³/mol. The normalized spacial score (nSPS) is 10.6. The second-order valence-electron chi connectivity index (χ2n) is 6.25. The summed E-state index contributed by atoms with van der Waals surface area (Å²) in [5, 5.41) is 0.621. The molecular weight excluding hydrogens is 388 g/mol. The Morgan fingerprint density at radius 1 is 0.679 bits per heavy atom. The van der Waals surface area contributed by atoms with Gasteiger partial charge in [-0.15, -0.1) is 11.3 Å². The predicted octanol–water partition coefficient (Wildman–Crippen LogP) is 6.53. The van der Waals surface area contributed by atoms with E-state index in [4.69, 9.17) is 11.6 Å². The molecule has 0 N–H and O–H groups in total. The summed E-state index contributed by atoms with van der Waals surface area (Å²) in [4.78, 5) is 27.2. The van der Waals surface area contributed by atoms with Crippen LogP contribution in [0.2, 0.25) is 5.02 Å². The van der Waals surface area contributed by atoms with Crippen LogP contribution in [0.5, 0.6) is 0 Å². The van der Waals surface area contributed by atoms with Crippen LogP contribution in [-0.2, 0) is 0 Å². The summed E-state index contributed by atoms with van der Waals surface area (Å²) in [7, 11) is 0. The van der Waals surface area contributed by atoms with Crippen LogP contribution in [0, 0.1) is 0 Å². The maximum atomic E-state index is 13.2. The van der Waals surface area contributed by atoms with Crippen LogP contribution in [0.4, 0.5) is 0 Å². The molecule has 0 aliphatic heterocycles. The lowest BCUT2D eigenvalue weighted by molar-refractivity contribution is 0.103. The van der Waals surface area contributed by atoms with E-state index < -0.39 is 0 Å². The van der Waals surface area contributed by atoms with Crippen LogP contribution < -0.4 is 0 Å². The van der Waals surface area contributed by atoms with Crippen molar-refractivity contribution < 1.29 is 9.59 Å². The van der Waals surface area contributed by atoms with Crippen molar-refractivity contribution in [3.8, 4) is 11.1 Å². The Hall–Kier alpha value is -3.01. The van der Waals surface area contributed by atoms with Gasteiger partial charge in [0.05, 0.1) is 9.75 Å². The third kappa shape index (κ3) is 3.68. The number of thiophene rings is 1. The van der Waals surface area contributed by atoms with Gasteiger partial charge in [0.1, 0.15) is 0 Å². The highest BCUT2D eigenvalue weighted by atomic mass is 35.5. The van der Waals surface area contributed by atoms with E-state index in [0.29, 0.717) is 25.9 Å². The highest BCUT2D eigenvalue weighted by Crippen LogP contribution is 2.35. The molecular formula is C24H15ClO2S. The van der Waals surface area contributed by atoms with E-state index in [-0.39, 0.29) is 11.6 Å². The van der Waals surface area contributed by atoms with Crippen molar-refractivity contribution in [1.29, 1.82) is 0 Å². The maximum Gasteiger partial charge on any atom is 0.203 e. The molecule has 28 heavy (non-hydrogen) atoms. The van der Waals surface area contributed by atoms with E-state index in [2.05, 4.69) is 0 Å². The SMILES string of the molecule is O=C(c1ccccc1)c1cc(-c2ccc(Cl)cc2)c(C(=O)c2ccccc2)s1. The van der Waals surface area contributed by atoms with E-state index in [1.54, 1.807) is 42.5 Å². The van der Waals surface area contributed by atoms with Gasteiger partial charge in [0.25, 0.3) is 0 Å². The first kappa shape index (κ1) is 18.4. The van der Waals surface area contributed by atoms with Crippen molar-refractivity contribution in [2.75, 3.05) is 0 Å². The second-order valence-corrected chi connectivity index (χ2v) is 7.74. The van der Waals surface area contributed by atoms with Crippen molar-refractivity contribution in [3.05, 3.63) is 117 Å². The molecule has 1 aromatic heterocycles. The molecule has 0 spiro atoms. The largest absolute Gasteiger partial charge is 0.288 e. The molecule has 4 heteroatoms. The fourth-order valence-corrected chi connectivity index (χ4v) is 4.20. The number of halogens is 1. The van der Waals surface area contributed by atoms with Crippen molar-refractivity contribution in [1.82, 2.24) is 0 Å². The minimum absolute atomic E-state index is 0.0899. The molecule has 0 fully saturated rings. The number of benzene rings is 3. The molecule has 0 amide bonds. The summed E-state index contributed by atoms with van der Waals surface area (Å²) in [5.74, 6) is -0.185. The van der Waals surface area contributed by atoms with E-state index in [9.17, 15) is 9.59 Å². The smallest absolute Gasteiger partial charge is 0.203 e. The van der Waals surface area contributed by atoms with Gasteiger partial charge in [-0.3, -0.25) is 9.59 Å². The van der Waals surface area contributed by atoms with Gasteiger partial charge in [0.2, 0.25) is 11.6 Å². The molecule has 0 saturated carbocycles. The van der Waals surface area contributed by atoms with Gasteiger partial charge in [0.15, 0.2) is 0 Å². The van der Waals surface area contributed by atoms with Crippen molar-refractivity contribution in [3.63, 3.8) is 0 Å². The van der Waals surface area contributed by atoms with Crippen molar-refractivity contribution in [2.24, 2.45) is 0 Å². The Labute approximate surface area is 172 Å². The standard InChI is InChI=1S/C24H15ClO2S/c25-19-13-11-16(12-14-19)20-15-21(22(26)17-7-3-1-4-8-17)28-24(20)23(27)18-9-5-2-6-10-18/h1-15H. The fraction of sp³-hybridized carbons (Fsp3) is 0. The second kappa shape index (κ2) is 7.93. The lowest BCUT2D eigenvalue weighted by Crippen LogP contribution is -2.00. The summed E-state index contributed by atoms with van der Waals surface area (Å²) in [6.45, 7) is 0.